The summed E-state index contributed by atoms with van der Waals surface area (Å²) in [6, 6.07) is 0.353. The lowest BCUT2D eigenvalue weighted by atomic mass is 10.1. The zero-order valence-electron chi connectivity index (χ0n) is 8.31. The quantitative estimate of drug-likeness (QED) is 0.797. The summed E-state index contributed by atoms with van der Waals surface area (Å²) in [7, 11) is 0. The first-order chi connectivity index (χ1) is 7.48. The van der Waals surface area contributed by atoms with Crippen LogP contribution in [0.2, 0.25) is 0 Å². The van der Waals surface area contributed by atoms with Crippen molar-refractivity contribution in [2.24, 2.45) is 0 Å². The molecule has 0 bridgehead atoms. The van der Waals surface area contributed by atoms with Gasteiger partial charge in [-0.3, -0.25) is 4.68 Å². The molecule has 4 nitrogen and oxygen atoms in total. The van der Waals surface area contributed by atoms with E-state index in [9.17, 15) is 18.3 Å². The predicted molar refractivity (Wildman–Crippen MR) is 47.7 cm³/mol. The van der Waals surface area contributed by atoms with Crippen molar-refractivity contribution < 1.29 is 23.0 Å². The maximum atomic E-state index is 12.3. The molecule has 0 spiro atoms. The summed E-state index contributed by atoms with van der Waals surface area (Å²) in [5.41, 5.74) is -0.953. The third kappa shape index (κ3) is 2.19. The summed E-state index contributed by atoms with van der Waals surface area (Å²) >= 11 is 0. The highest BCUT2D eigenvalue weighted by atomic mass is 19.4. The fourth-order valence-electron chi connectivity index (χ4n) is 1.64. The zero-order chi connectivity index (χ0) is 11.8. The lowest BCUT2D eigenvalue weighted by Gasteiger charge is -2.27. The van der Waals surface area contributed by atoms with E-state index in [1.165, 1.54) is 6.20 Å². The maximum Gasteiger partial charge on any atom is 0.435 e. The maximum absolute atomic E-state index is 12.3. The van der Waals surface area contributed by atoms with E-state index >= 15 is 0 Å². The number of rotatable bonds is 1. The van der Waals surface area contributed by atoms with Crippen LogP contribution in [0, 0.1) is 0 Å². The highest BCUT2D eigenvalue weighted by Crippen LogP contribution is 2.29. The monoisotopic (exact) mass is 236 g/mol. The van der Waals surface area contributed by atoms with Gasteiger partial charge in [0.1, 0.15) is 6.04 Å². The van der Waals surface area contributed by atoms with E-state index in [1.54, 1.807) is 0 Å². The molecule has 1 aliphatic rings. The summed E-state index contributed by atoms with van der Waals surface area (Å²) < 4.78 is 43.1. The highest BCUT2D eigenvalue weighted by molar-refractivity contribution is 5.04. The van der Waals surface area contributed by atoms with Gasteiger partial charge in [0.25, 0.3) is 0 Å². The molecule has 2 heterocycles. The summed E-state index contributed by atoms with van der Waals surface area (Å²) in [5.74, 6) is 0. The number of aromatic nitrogens is 2. The van der Waals surface area contributed by atoms with Gasteiger partial charge in [-0.15, -0.1) is 0 Å². The van der Waals surface area contributed by atoms with E-state index < -0.39 is 24.0 Å². The fourth-order valence-corrected chi connectivity index (χ4v) is 1.64. The van der Waals surface area contributed by atoms with Crippen LogP contribution in [0.15, 0.2) is 12.3 Å². The molecule has 0 radical (unpaired) electrons. The number of aliphatic hydroxyl groups is 1. The van der Waals surface area contributed by atoms with Crippen LogP contribution in [-0.2, 0) is 10.9 Å². The minimum atomic E-state index is -4.45. The average Bonchev–Trinajstić information content (AvgIpc) is 2.66. The first kappa shape index (κ1) is 11.4. The van der Waals surface area contributed by atoms with E-state index in [0.29, 0.717) is 13.0 Å². The number of nitrogens with zero attached hydrogens (tertiary/aromatic N) is 2. The van der Waals surface area contributed by atoms with Crippen molar-refractivity contribution in [3.63, 3.8) is 0 Å². The minimum Gasteiger partial charge on any atom is -0.391 e. The Morgan fingerprint density at radius 1 is 1.50 bits per heavy atom. The van der Waals surface area contributed by atoms with Gasteiger partial charge in [0, 0.05) is 12.8 Å². The first-order valence-corrected chi connectivity index (χ1v) is 4.86. The minimum absolute atomic E-state index is 0.181. The molecule has 0 amide bonds. The number of hydrogen-bond donors (Lipinski definition) is 1. The van der Waals surface area contributed by atoms with Gasteiger partial charge in [-0.05, 0) is 12.5 Å². The van der Waals surface area contributed by atoms with Crippen LogP contribution in [0.3, 0.4) is 0 Å². The Labute approximate surface area is 89.6 Å². The summed E-state index contributed by atoms with van der Waals surface area (Å²) in [4.78, 5) is 0. The van der Waals surface area contributed by atoms with Gasteiger partial charge < -0.3 is 9.84 Å². The largest absolute Gasteiger partial charge is 0.435 e. The number of hydrogen-bond acceptors (Lipinski definition) is 3. The molecule has 0 aliphatic carbocycles. The second-order valence-electron chi connectivity index (χ2n) is 3.68. The van der Waals surface area contributed by atoms with Gasteiger partial charge in [-0.1, -0.05) is 0 Å². The highest BCUT2D eigenvalue weighted by Gasteiger charge is 2.35. The van der Waals surface area contributed by atoms with Crippen LogP contribution in [0.1, 0.15) is 18.2 Å². The molecule has 0 saturated carbocycles. The third-order valence-corrected chi connectivity index (χ3v) is 2.53. The molecule has 0 aromatic carbocycles. The number of alkyl halides is 3. The summed E-state index contributed by atoms with van der Waals surface area (Å²) in [5, 5.41) is 13.0. The standard InChI is InChI=1S/C9H11F3N2O2/c10-9(11,12)8-1-3-14(13-8)6-5-16-4-2-7(6)15/h1,3,6-7,15H,2,4-5H2. The Balaban J connectivity index is 2.18. The Morgan fingerprint density at radius 2 is 2.25 bits per heavy atom. The van der Waals surface area contributed by atoms with Crippen LogP contribution in [0.5, 0.6) is 0 Å². The molecule has 2 rings (SSSR count). The van der Waals surface area contributed by atoms with E-state index in [0.717, 1.165) is 10.7 Å². The van der Waals surface area contributed by atoms with Crippen LogP contribution in [0.4, 0.5) is 13.2 Å². The van der Waals surface area contributed by atoms with E-state index in [2.05, 4.69) is 5.10 Å². The summed E-state index contributed by atoms with van der Waals surface area (Å²) in [6.45, 7) is 0.602. The van der Waals surface area contributed by atoms with Crippen molar-refractivity contribution >= 4 is 0 Å². The Bertz CT molecular complexity index is 364. The second kappa shape index (κ2) is 4.06. The van der Waals surface area contributed by atoms with Gasteiger partial charge in [0.05, 0.1) is 12.7 Å². The van der Waals surface area contributed by atoms with Gasteiger partial charge >= 0.3 is 6.18 Å². The molecule has 1 saturated heterocycles. The normalized spacial score (nSPS) is 27.0. The summed E-state index contributed by atoms with van der Waals surface area (Å²) in [6.07, 6.45) is -3.54. The Hall–Kier alpha value is -1.08. The first-order valence-electron chi connectivity index (χ1n) is 4.86. The molecule has 1 N–H and O–H groups in total. The SMILES string of the molecule is OC1CCOCC1n1ccc(C(F)(F)F)n1. The average molecular weight is 236 g/mol. The molecule has 1 aromatic heterocycles. The number of aliphatic hydroxyl groups excluding tert-OH is 1. The van der Waals surface area contributed by atoms with Crippen molar-refractivity contribution in [3.8, 4) is 0 Å². The van der Waals surface area contributed by atoms with Crippen molar-refractivity contribution in [2.75, 3.05) is 13.2 Å². The molecule has 1 aliphatic heterocycles. The lowest BCUT2D eigenvalue weighted by molar-refractivity contribution is -0.142. The molecule has 16 heavy (non-hydrogen) atoms. The van der Waals surface area contributed by atoms with Crippen molar-refractivity contribution in [1.82, 2.24) is 9.78 Å². The number of ether oxygens (including phenoxy) is 1. The zero-order valence-corrected chi connectivity index (χ0v) is 8.31. The molecule has 1 fully saturated rings. The molecule has 2 atom stereocenters. The molecule has 7 heteroatoms. The van der Waals surface area contributed by atoms with Crippen molar-refractivity contribution in [2.45, 2.75) is 24.7 Å². The smallest absolute Gasteiger partial charge is 0.391 e. The van der Waals surface area contributed by atoms with Crippen molar-refractivity contribution in [3.05, 3.63) is 18.0 Å². The Morgan fingerprint density at radius 3 is 2.81 bits per heavy atom. The molecule has 1 aromatic rings. The topological polar surface area (TPSA) is 47.3 Å². The van der Waals surface area contributed by atoms with Gasteiger partial charge in [0.2, 0.25) is 0 Å². The van der Waals surface area contributed by atoms with Crippen molar-refractivity contribution in [1.29, 1.82) is 0 Å². The van der Waals surface area contributed by atoms with Gasteiger partial charge in [-0.25, -0.2) is 0 Å². The number of halogens is 3. The lowest BCUT2D eigenvalue weighted by Crippen LogP contribution is -2.34. The van der Waals surface area contributed by atoms with Crippen LogP contribution in [0.25, 0.3) is 0 Å². The van der Waals surface area contributed by atoms with Crippen LogP contribution < -0.4 is 0 Å². The van der Waals surface area contributed by atoms with Gasteiger partial charge in [0.15, 0.2) is 5.69 Å². The van der Waals surface area contributed by atoms with E-state index in [-0.39, 0.29) is 6.61 Å². The second-order valence-corrected chi connectivity index (χ2v) is 3.68. The van der Waals surface area contributed by atoms with Crippen LogP contribution >= 0.6 is 0 Å². The molecular weight excluding hydrogens is 225 g/mol. The predicted octanol–water partition coefficient (Wildman–Crippen LogP) is 1.22. The molecule has 90 valence electrons. The van der Waals surface area contributed by atoms with Crippen LogP contribution in [-0.4, -0.2) is 34.2 Å². The van der Waals surface area contributed by atoms with E-state index in [1.807, 2.05) is 0 Å². The molecule has 2 unspecified atom stereocenters. The van der Waals surface area contributed by atoms with Gasteiger partial charge in [-0.2, -0.15) is 18.3 Å². The third-order valence-electron chi connectivity index (χ3n) is 2.53. The van der Waals surface area contributed by atoms with E-state index in [4.69, 9.17) is 4.74 Å². The Kier molecular flexibility index (Phi) is 2.90. The fraction of sp³-hybridized carbons (Fsp3) is 0.667. The molecular formula is C9H11F3N2O2.